The van der Waals surface area contributed by atoms with Gasteiger partial charge in [-0.15, -0.1) is 0 Å². The van der Waals surface area contributed by atoms with E-state index in [1.54, 1.807) is 6.20 Å². The Hall–Kier alpha value is -0.193. The summed E-state index contributed by atoms with van der Waals surface area (Å²) in [6, 6.07) is 0. The molecule has 9 heavy (non-hydrogen) atoms. The third-order valence-electron chi connectivity index (χ3n) is 1.32. The minimum atomic E-state index is 1.09. The summed E-state index contributed by atoms with van der Waals surface area (Å²) in [5, 5.41) is 1.24. The van der Waals surface area contributed by atoms with Gasteiger partial charge in [-0.25, -0.2) is 0 Å². The number of aryl methyl sites for hydroxylation is 1. The summed E-state index contributed by atoms with van der Waals surface area (Å²) in [7, 11) is 0. The molecule has 0 aliphatic heterocycles. The first kappa shape index (κ1) is 6.92. The summed E-state index contributed by atoms with van der Waals surface area (Å²) in [4.78, 5) is 7.16. The van der Waals surface area contributed by atoms with E-state index in [1.165, 1.54) is 11.5 Å². The van der Waals surface area contributed by atoms with Gasteiger partial charge >= 0.3 is 63.8 Å². The number of imidazole rings is 1. The summed E-state index contributed by atoms with van der Waals surface area (Å²) in [5.41, 5.74) is 0. The third kappa shape index (κ3) is 2.25. The van der Waals surface area contributed by atoms with Gasteiger partial charge < -0.3 is 0 Å². The van der Waals surface area contributed by atoms with Gasteiger partial charge in [-0.3, -0.25) is 0 Å². The maximum absolute atomic E-state index is 4.10. The van der Waals surface area contributed by atoms with Crippen LogP contribution in [0.15, 0.2) is 12.4 Å². The number of rotatable bonds is 3. The van der Waals surface area contributed by atoms with Gasteiger partial charge in [0.1, 0.15) is 0 Å². The Morgan fingerprint density at radius 2 is 2.56 bits per heavy atom. The van der Waals surface area contributed by atoms with Gasteiger partial charge in [-0.1, -0.05) is 0 Å². The SMILES string of the molecule is [Li][CH2]CCc1ncc[nH]1. The second kappa shape index (κ2) is 3.76. The van der Waals surface area contributed by atoms with Crippen molar-refractivity contribution in [3.8, 4) is 0 Å². The molecule has 0 aliphatic carbocycles. The molecule has 0 radical (unpaired) electrons. The van der Waals surface area contributed by atoms with Crippen molar-refractivity contribution in [2.45, 2.75) is 17.9 Å². The summed E-state index contributed by atoms with van der Waals surface area (Å²) in [6.45, 7) is 0. The van der Waals surface area contributed by atoms with Gasteiger partial charge in [-0.2, -0.15) is 0 Å². The summed E-state index contributed by atoms with van der Waals surface area (Å²) in [6.07, 6.45) is 5.98. The standard InChI is InChI=1S/C6H9N2.Li/c1-2-3-6-7-4-5-8-6;/h4-5H,1-3H2,(H,7,8);. The zero-order valence-corrected chi connectivity index (χ0v) is 5.72. The molecule has 0 saturated heterocycles. The molecule has 0 saturated carbocycles. The number of hydrogen-bond donors (Lipinski definition) is 1. The number of hydrogen-bond acceptors (Lipinski definition) is 1. The molecule has 0 aromatic carbocycles. The van der Waals surface area contributed by atoms with Crippen LogP contribution in [-0.2, 0) is 6.42 Å². The van der Waals surface area contributed by atoms with E-state index >= 15 is 0 Å². The van der Waals surface area contributed by atoms with Crippen LogP contribution >= 0.6 is 0 Å². The Labute approximate surface area is 64.3 Å². The Kier molecular flexibility index (Phi) is 2.89. The number of nitrogens with one attached hydrogen (secondary N) is 1. The van der Waals surface area contributed by atoms with Crippen molar-refractivity contribution in [2.75, 3.05) is 0 Å². The van der Waals surface area contributed by atoms with Gasteiger partial charge in [0.05, 0.1) is 0 Å². The predicted molar refractivity (Wildman–Crippen MR) is 37.5 cm³/mol. The maximum atomic E-state index is 4.10. The van der Waals surface area contributed by atoms with Crippen molar-refractivity contribution in [3.63, 3.8) is 0 Å². The van der Waals surface area contributed by atoms with Crippen molar-refractivity contribution in [1.82, 2.24) is 9.97 Å². The quantitative estimate of drug-likeness (QED) is 0.584. The zero-order chi connectivity index (χ0) is 6.53. The number of H-pyrrole nitrogens is 1. The van der Waals surface area contributed by atoms with Crippen LogP contribution in [0.3, 0.4) is 0 Å². The minimum absolute atomic E-state index is 1.09. The molecule has 1 N–H and O–H groups in total. The molecule has 0 spiro atoms. The van der Waals surface area contributed by atoms with Crippen LogP contribution in [0.5, 0.6) is 0 Å². The number of nitrogens with zero attached hydrogens (tertiary/aromatic N) is 1. The number of aromatic nitrogens is 2. The second-order valence-corrected chi connectivity index (χ2v) is 2.14. The number of aromatic amines is 1. The molecule has 0 fully saturated rings. The van der Waals surface area contributed by atoms with Crippen LogP contribution in [-0.4, -0.2) is 27.7 Å². The first-order valence-electron chi connectivity index (χ1n) is 3.41. The molecule has 0 bridgehead atoms. The average Bonchev–Trinajstić information content (AvgIpc) is 2.34. The molecule has 1 heterocycles. The van der Waals surface area contributed by atoms with Crippen LogP contribution in [0.25, 0.3) is 0 Å². The summed E-state index contributed by atoms with van der Waals surface area (Å²) >= 11 is 2.18. The van der Waals surface area contributed by atoms with Crippen LogP contribution in [0.2, 0.25) is 5.09 Å². The fourth-order valence-electron chi connectivity index (χ4n) is 0.779. The van der Waals surface area contributed by atoms with Crippen LogP contribution in [0.1, 0.15) is 12.2 Å². The van der Waals surface area contributed by atoms with Crippen molar-refractivity contribution < 1.29 is 0 Å². The van der Waals surface area contributed by atoms with E-state index in [2.05, 4.69) is 27.7 Å². The second-order valence-electron chi connectivity index (χ2n) is 2.14. The molecular formula is C6H9LiN2. The van der Waals surface area contributed by atoms with Gasteiger partial charge in [-0.05, 0) is 0 Å². The van der Waals surface area contributed by atoms with E-state index in [1.807, 2.05) is 6.20 Å². The predicted octanol–water partition coefficient (Wildman–Crippen LogP) is 0.929. The normalized spacial score (nSPS) is 10.0. The van der Waals surface area contributed by atoms with Crippen LogP contribution in [0, 0.1) is 0 Å². The van der Waals surface area contributed by atoms with Crippen LogP contribution < -0.4 is 0 Å². The average molecular weight is 116 g/mol. The van der Waals surface area contributed by atoms with Crippen molar-refractivity contribution >= 4 is 17.7 Å². The van der Waals surface area contributed by atoms with E-state index < -0.39 is 0 Å². The molecule has 3 heteroatoms. The van der Waals surface area contributed by atoms with Crippen LogP contribution in [0.4, 0.5) is 0 Å². The molecule has 1 aromatic rings. The zero-order valence-electron chi connectivity index (χ0n) is 5.72. The van der Waals surface area contributed by atoms with E-state index in [-0.39, 0.29) is 0 Å². The van der Waals surface area contributed by atoms with Gasteiger partial charge in [0.25, 0.3) is 0 Å². The molecule has 0 unspecified atom stereocenters. The molecule has 0 amide bonds. The van der Waals surface area contributed by atoms with Gasteiger partial charge in [0.15, 0.2) is 0 Å². The van der Waals surface area contributed by atoms with E-state index in [9.17, 15) is 0 Å². The fraction of sp³-hybridized carbons (Fsp3) is 0.500. The molecule has 1 aromatic heterocycles. The summed E-state index contributed by atoms with van der Waals surface area (Å²) in [5.74, 6) is 1.11. The van der Waals surface area contributed by atoms with Gasteiger partial charge in [0.2, 0.25) is 0 Å². The fourth-order valence-corrected chi connectivity index (χ4v) is 0.779. The topological polar surface area (TPSA) is 28.7 Å². The molecule has 1 rings (SSSR count). The first-order valence-corrected chi connectivity index (χ1v) is 3.41. The van der Waals surface area contributed by atoms with E-state index in [4.69, 9.17) is 0 Å². The molecule has 44 valence electrons. The molecule has 0 aliphatic rings. The van der Waals surface area contributed by atoms with E-state index in [0.717, 1.165) is 12.2 Å². The van der Waals surface area contributed by atoms with Crippen molar-refractivity contribution in [1.29, 1.82) is 0 Å². The van der Waals surface area contributed by atoms with E-state index in [0.29, 0.717) is 0 Å². The Morgan fingerprint density at radius 3 is 3.11 bits per heavy atom. The molecule has 2 nitrogen and oxygen atoms in total. The molecular weight excluding hydrogens is 107 g/mol. The summed E-state index contributed by atoms with van der Waals surface area (Å²) < 4.78 is 0. The van der Waals surface area contributed by atoms with Crippen molar-refractivity contribution in [3.05, 3.63) is 18.2 Å². The Morgan fingerprint density at radius 1 is 1.67 bits per heavy atom. The Bertz CT molecular complexity index is 148. The third-order valence-corrected chi connectivity index (χ3v) is 1.32. The Balaban J connectivity index is 2.30. The van der Waals surface area contributed by atoms with Crippen molar-refractivity contribution in [2.24, 2.45) is 0 Å². The van der Waals surface area contributed by atoms with Gasteiger partial charge in [0, 0.05) is 0 Å². The molecule has 0 atom stereocenters. The first-order chi connectivity index (χ1) is 4.43. The monoisotopic (exact) mass is 116 g/mol.